The first-order valence-corrected chi connectivity index (χ1v) is 6.26. The maximum atomic E-state index is 11.8. The number of hydrogen-bond acceptors (Lipinski definition) is 3. The summed E-state index contributed by atoms with van der Waals surface area (Å²) in [6.45, 7) is 1.77. The third kappa shape index (κ3) is 4.27. The summed E-state index contributed by atoms with van der Waals surface area (Å²) in [5.41, 5.74) is 5.98. The Hall–Kier alpha value is -0.620. The van der Waals surface area contributed by atoms with Gasteiger partial charge in [-0.05, 0) is 25.1 Å². The number of aliphatic hydroxyl groups excluding tert-OH is 1. The molecule has 94 valence electrons. The zero-order chi connectivity index (χ0) is 13.0. The third-order valence-corrected chi connectivity index (χ3v) is 3.11. The van der Waals surface area contributed by atoms with Crippen LogP contribution in [0.4, 0.5) is 0 Å². The minimum absolute atomic E-state index is 0.194. The molecule has 2 unspecified atom stereocenters. The molecule has 0 radical (unpaired) electrons. The lowest BCUT2D eigenvalue weighted by Crippen LogP contribution is -2.43. The highest BCUT2D eigenvalue weighted by molar-refractivity contribution is 9.10. The van der Waals surface area contributed by atoms with Crippen LogP contribution in [-0.4, -0.2) is 29.7 Å². The van der Waals surface area contributed by atoms with Crippen molar-refractivity contribution in [2.24, 2.45) is 5.73 Å². The molecule has 2 atom stereocenters. The highest BCUT2D eigenvalue weighted by Gasteiger charge is 2.14. The molecule has 0 heterocycles. The fraction of sp³-hybridized carbons (Fsp3) is 0.364. The van der Waals surface area contributed by atoms with E-state index in [1.165, 1.54) is 0 Å². The summed E-state index contributed by atoms with van der Waals surface area (Å²) >= 11 is 9.17. The van der Waals surface area contributed by atoms with E-state index in [0.717, 1.165) is 4.47 Å². The van der Waals surface area contributed by atoms with Gasteiger partial charge in [0.2, 0.25) is 0 Å². The van der Waals surface area contributed by atoms with E-state index in [2.05, 4.69) is 21.2 Å². The fourth-order valence-electron chi connectivity index (χ4n) is 1.15. The Morgan fingerprint density at radius 3 is 2.88 bits per heavy atom. The molecule has 1 aromatic carbocycles. The van der Waals surface area contributed by atoms with E-state index >= 15 is 0 Å². The Morgan fingerprint density at radius 2 is 2.29 bits per heavy atom. The molecule has 4 N–H and O–H groups in total. The van der Waals surface area contributed by atoms with E-state index in [-0.39, 0.29) is 12.5 Å². The normalized spacial score (nSPS) is 14.2. The largest absolute Gasteiger partial charge is 0.392 e. The topological polar surface area (TPSA) is 75.3 Å². The number of rotatable bonds is 4. The van der Waals surface area contributed by atoms with Gasteiger partial charge in [-0.1, -0.05) is 27.5 Å². The lowest BCUT2D eigenvalue weighted by Gasteiger charge is -2.15. The van der Waals surface area contributed by atoms with Crippen molar-refractivity contribution < 1.29 is 9.90 Å². The number of benzene rings is 1. The van der Waals surface area contributed by atoms with Gasteiger partial charge in [0, 0.05) is 17.1 Å². The Bertz CT molecular complexity index is 412. The second kappa shape index (κ2) is 6.35. The van der Waals surface area contributed by atoms with Crippen LogP contribution in [0.5, 0.6) is 0 Å². The zero-order valence-corrected chi connectivity index (χ0v) is 11.6. The van der Waals surface area contributed by atoms with Crippen LogP contribution in [0, 0.1) is 0 Å². The number of amides is 1. The van der Waals surface area contributed by atoms with E-state index < -0.39 is 12.1 Å². The van der Waals surface area contributed by atoms with E-state index in [1.807, 2.05) is 0 Å². The van der Waals surface area contributed by atoms with Crippen LogP contribution in [0.2, 0.25) is 5.02 Å². The standard InChI is InChI=1S/C11H14BrClN2O2/c1-6(16)10(14)5-15-11(17)8-4-7(12)2-3-9(8)13/h2-4,6,10,16H,5,14H2,1H3,(H,15,17). The molecular weight excluding hydrogens is 307 g/mol. The molecule has 17 heavy (non-hydrogen) atoms. The van der Waals surface area contributed by atoms with E-state index in [1.54, 1.807) is 25.1 Å². The Labute approximate surface area is 113 Å². The summed E-state index contributed by atoms with van der Waals surface area (Å²) in [5.74, 6) is -0.313. The summed E-state index contributed by atoms with van der Waals surface area (Å²) in [6.07, 6.45) is -0.673. The zero-order valence-electron chi connectivity index (χ0n) is 9.28. The molecule has 0 saturated heterocycles. The molecule has 0 fully saturated rings. The van der Waals surface area contributed by atoms with Gasteiger partial charge >= 0.3 is 0 Å². The molecule has 0 aliphatic rings. The van der Waals surface area contributed by atoms with Crippen molar-refractivity contribution in [3.63, 3.8) is 0 Å². The highest BCUT2D eigenvalue weighted by Crippen LogP contribution is 2.20. The predicted molar refractivity (Wildman–Crippen MR) is 71.1 cm³/mol. The van der Waals surface area contributed by atoms with Crippen molar-refractivity contribution in [1.82, 2.24) is 5.32 Å². The minimum Gasteiger partial charge on any atom is -0.392 e. The summed E-state index contributed by atoms with van der Waals surface area (Å²) in [5, 5.41) is 12.2. The number of nitrogens with two attached hydrogens (primary N) is 1. The monoisotopic (exact) mass is 320 g/mol. The molecule has 1 aromatic rings. The highest BCUT2D eigenvalue weighted by atomic mass is 79.9. The van der Waals surface area contributed by atoms with Gasteiger partial charge in [0.1, 0.15) is 0 Å². The average Bonchev–Trinajstić information content (AvgIpc) is 2.28. The van der Waals surface area contributed by atoms with Gasteiger partial charge in [0.15, 0.2) is 0 Å². The minimum atomic E-state index is -0.673. The van der Waals surface area contributed by atoms with Crippen LogP contribution >= 0.6 is 27.5 Å². The first-order chi connectivity index (χ1) is 7.91. The van der Waals surface area contributed by atoms with Gasteiger partial charge in [0.25, 0.3) is 5.91 Å². The maximum Gasteiger partial charge on any atom is 0.252 e. The van der Waals surface area contributed by atoms with Crippen molar-refractivity contribution in [2.45, 2.75) is 19.1 Å². The Balaban J connectivity index is 2.67. The number of hydrogen-bond donors (Lipinski definition) is 3. The Kier molecular flexibility index (Phi) is 5.39. The number of halogens is 2. The van der Waals surface area contributed by atoms with Crippen LogP contribution in [0.3, 0.4) is 0 Å². The van der Waals surface area contributed by atoms with Gasteiger partial charge in [-0.25, -0.2) is 0 Å². The molecule has 1 rings (SSSR count). The molecule has 4 nitrogen and oxygen atoms in total. The second-order valence-corrected chi connectivity index (χ2v) is 5.06. The van der Waals surface area contributed by atoms with Crippen LogP contribution in [0.15, 0.2) is 22.7 Å². The van der Waals surface area contributed by atoms with Crippen molar-refractivity contribution in [3.8, 4) is 0 Å². The molecule has 0 aromatic heterocycles. The van der Waals surface area contributed by atoms with Crippen LogP contribution < -0.4 is 11.1 Å². The SMILES string of the molecule is CC(O)C(N)CNC(=O)c1cc(Br)ccc1Cl. The van der Waals surface area contributed by atoms with Gasteiger partial charge < -0.3 is 16.2 Å². The van der Waals surface area contributed by atoms with E-state index in [9.17, 15) is 9.90 Å². The lowest BCUT2D eigenvalue weighted by atomic mass is 10.1. The predicted octanol–water partition coefficient (Wildman–Crippen LogP) is 1.54. The van der Waals surface area contributed by atoms with Gasteiger partial charge in [-0.3, -0.25) is 4.79 Å². The molecule has 0 spiro atoms. The molecule has 1 amide bonds. The quantitative estimate of drug-likeness (QED) is 0.787. The first kappa shape index (κ1) is 14.4. The molecule has 0 aliphatic carbocycles. The van der Waals surface area contributed by atoms with Crippen LogP contribution in [0.1, 0.15) is 17.3 Å². The lowest BCUT2D eigenvalue weighted by molar-refractivity contribution is 0.0937. The van der Waals surface area contributed by atoms with Gasteiger partial charge in [-0.2, -0.15) is 0 Å². The smallest absolute Gasteiger partial charge is 0.252 e. The van der Waals surface area contributed by atoms with E-state index in [4.69, 9.17) is 17.3 Å². The van der Waals surface area contributed by atoms with Crippen LogP contribution in [0.25, 0.3) is 0 Å². The van der Waals surface area contributed by atoms with Crippen molar-refractivity contribution >= 4 is 33.4 Å². The van der Waals surface area contributed by atoms with Gasteiger partial charge in [-0.15, -0.1) is 0 Å². The summed E-state index contributed by atoms with van der Waals surface area (Å²) in [4.78, 5) is 11.8. The summed E-state index contributed by atoms with van der Waals surface area (Å²) in [7, 11) is 0. The number of aliphatic hydroxyl groups is 1. The summed E-state index contributed by atoms with van der Waals surface area (Å²) in [6, 6.07) is 4.52. The van der Waals surface area contributed by atoms with Crippen LogP contribution in [-0.2, 0) is 0 Å². The Morgan fingerprint density at radius 1 is 1.65 bits per heavy atom. The molecule has 0 saturated carbocycles. The van der Waals surface area contributed by atoms with Crippen molar-refractivity contribution in [2.75, 3.05) is 6.54 Å². The fourth-order valence-corrected chi connectivity index (χ4v) is 1.71. The number of carbonyl (C=O) groups is 1. The molecule has 0 bridgehead atoms. The summed E-state index contributed by atoms with van der Waals surface area (Å²) < 4.78 is 0.770. The van der Waals surface area contributed by atoms with E-state index in [0.29, 0.717) is 10.6 Å². The first-order valence-electron chi connectivity index (χ1n) is 5.08. The average molecular weight is 322 g/mol. The molecular formula is C11H14BrClN2O2. The molecule has 0 aliphatic heterocycles. The van der Waals surface area contributed by atoms with Crippen molar-refractivity contribution in [1.29, 1.82) is 0 Å². The molecule has 6 heteroatoms. The maximum absolute atomic E-state index is 11.8. The number of nitrogens with one attached hydrogen (secondary N) is 1. The third-order valence-electron chi connectivity index (χ3n) is 2.29. The second-order valence-electron chi connectivity index (χ2n) is 3.74. The van der Waals surface area contributed by atoms with Crippen molar-refractivity contribution in [3.05, 3.63) is 33.3 Å². The number of carbonyl (C=O) groups excluding carboxylic acids is 1. The van der Waals surface area contributed by atoms with Gasteiger partial charge in [0.05, 0.1) is 16.7 Å².